The Bertz CT molecular complexity index is 1130. The molecule has 1 aromatic heterocycles. The zero-order chi connectivity index (χ0) is 21.3. The Balaban J connectivity index is 1.87. The number of H-pyrrole nitrogens is 1. The van der Waals surface area contributed by atoms with E-state index in [1.54, 1.807) is 26.0 Å². The van der Waals surface area contributed by atoms with E-state index in [9.17, 15) is 14.4 Å². The lowest BCUT2D eigenvalue weighted by molar-refractivity contribution is 0.0314. The second kappa shape index (κ2) is 7.91. The average Bonchev–Trinajstić information content (AvgIpc) is 3.00. The Labute approximate surface area is 168 Å². The molecule has 150 valence electrons. The van der Waals surface area contributed by atoms with Crippen molar-refractivity contribution in [3.8, 4) is 5.75 Å². The quantitative estimate of drug-likeness (QED) is 0.495. The Morgan fingerprint density at radius 1 is 1.03 bits per heavy atom. The molecular weight excluding hydrogens is 370 g/mol. The number of benzene rings is 2. The minimum Gasteiger partial charge on any atom is -0.496 e. The summed E-state index contributed by atoms with van der Waals surface area (Å²) >= 11 is 0. The van der Waals surface area contributed by atoms with Crippen molar-refractivity contribution in [2.45, 2.75) is 33.8 Å². The summed E-state index contributed by atoms with van der Waals surface area (Å²) in [6.07, 6.45) is -1.03. The van der Waals surface area contributed by atoms with Gasteiger partial charge in [-0.2, -0.15) is 0 Å². The number of aromatic nitrogens is 1. The number of ketones is 2. The number of esters is 1. The van der Waals surface area contributed by atoms with Crippen molar-refractivity contribution >= 4 is 28.3 Å². The molecule has 1 heterocycles. The summed E-state index contributed by atoms with van der Waals surface area (Å²) in [5.41, 5.74) is 2.19. The normalized spacial score (nSPS) is 11.9. The third-order valence-electron chi connectivity index (χ3n) is 4.98. The van der Waals surface area contributed by atoms with Crippen molar-refractivity contribution in [2.24, 2.45) is 0 Å². The molecule has 6 heteroatoms. The first kappa shape index (κ1) is 20.3. The Morgan fingerprint density at radius 3 is 2.21 bits per heavy atom. The van der Waals surface area contributed by atoms with Crippen LogP contribution in [0.4, 0.5) is 0 Å². The van der Waals surface area contributed by atoms with E-state index >= 15 is 0 Å². The molecule has 0 radical (unpaired) electrons. The van der Waals surface area contributed by atoms with Crippen molar-refractivity contribution in [2.75, 3.05) is 7.11 Å². The average molecular weight is 393 g/mol. The van der Waals surface area contributed by atoms with E-state index in [4.69, 9.17) is 9.47 Å². The largest absolute Gasteiger partial charge is 0.496 e. The van der Waals surface area contributed by atoms with E-state index in [0.29, 0.717) is 22.6 Å². The van der Waals surface area contributed by atoms with Crippen molar-refractivity contribution in [1.82, 2.24) is 4.98 Å². The highest BCUT2D eigenvalue weighted by Crippen LogP contribution is 2.27. The zero-order valence-corrected chi connectivity index (χ0v) is 17.1. The lowest BCUT2D eigenvalue weighted by Gasteiger charge is -2.14. The van der Waals surface area contributed by atoms with Gasteiger partial charge in [0.05, 0.1) is 12.8 Å². The summed E-state index contributed by atoms with van der Waals surface area (Å²) in [6, 6.07) is 11.0. The van der Waals surface area contributed by atoms with Crippen molar-refractivity contribution in [3.05, 3.63) is 64.5 Å². The fourth-order valence-corrected chi connectivity index (χ4v) is 3.55. The fraction of sp³-hybridized carbons (Fsp3) is 0.261. The van der Waals surface area contributed by atoms with Crippen LogP contribution in [0.25, 0.3) is 10.8 Å². The number of nitrogens with one attached hydrogen (secondary N) is 1. The van der Waals surface area contributed by atoms with Gasteiger partial charge in [0.15, 0.2) is 11.9 Å². The smallest absolute Gasteiger partial charge is 0.342 e. The molecule has 0 saturated carbocycles. The van der Waals surface area contributed by atoms with Gasteiger partial charge in [-0.1, -0.05) is 24.3 Å². The van der Waals surface area contributed by atoms with Crippen LogP contribution >= 0.6 is 0 Å². The summed E-state index contributed by atoms with van der Waals surface area (Å²) in [4.78, 5) is 40.3. The molecule has 2 aromatic carbocycles. The van der Waals surface area contributed by atoms with Gasteiger partial charge in [0.2, 0.25) is 5.78 Å². The first-order valence-electron chi connectivity index (χ1n) is 9.26. The molecule has 1 N–H and O–H groups in total. The highest BCUT2D eigenvalue weighted by atomic mass is 16.5. The molecule has 0 amide bonds. The minimum absolute atomic E-state index is 0.124. The van der Waals surface area contributed by atoms with Gasteiger partial charge < -0.3 is 14.5 Å². The third-order valence-corrected chi connectivity index (χ3v) is 4.98. The number of carbonyl (C=O) groups excluding carboxylic acids is 3. The molecule has 0 bridgehead atoms. The van der Waals surface area contributed by atoms with E-state index in [0.717, 1.165) is 10.8 Å². The molecular formula is C23H23NO5. The van der Waals surface area contributed by atoms with Gasteiger partial charge in [-0.3, -0.25) is 9.59 Å². The maximum atomic E-state index is 12.8. The van der Waals surface area contributed by atoms with Gasteiger partial charge in [-0.15, -0.1) is 0 Å². The highest BCUT2D eigenvalue weighted by Gasteiger charge is 2.27. The standard InChI is InChI=1S/C23H23NO5/c1-12-20(14(3)25)13(2)24-21(12)22(26)15(4)29-23(27)18-10-16-8-6-7-9-17(16)11-19(18)28-5/h6-11,15,24H,1-5H3/t15-/m1/s1. The van der Waals surface area contributed by atoms with Crippen molar-refractivity contribution < 1.29 is 23.9 Å². The topological polar surface area (TPSA) is 85.5 Å². The van der Waals surface area contributed by atoms with Crippen LogP contribution in [-0.2, 0) is 4.74 Å². The van der Waals surface area contributed by atoms with Crippen LogP contribution in [0, 0.1) is 13.8 Å². The van der Waals surface area contributed by atoms with Crippen molar-refractivity contribution in [3.63, 3.8) is 0 Å². The van der Waals surface area contributed by atoms with E-state index in [1.807, 2.05) is 24.3 Å². The summed E-state index contributed by atoms with van der Waals surface area (Å²) < 4.78 is 10.8. The second-order valence-electron chi connectivity index (χ2n) is 6.99. The molecule has 0 unspecified atom stereocenters. The Morgan fingerprint density at radius 2 is 1.66 bits per heavy atom. The minimum atomic E-state index is -1.03. The summed E-state index contributed by atoms with van der Waals surface area (Å²) in [5.74, 6) is -0.799. The second-order valence-corrected chi connectivity index (χ2v) is 6.99. The number of hydrogen-bond acceptors (Lipinski definition) is 5. The molecule has 0 aliphatic rings. The van der Waals surface area contributed by atoms with Crippen LogP contribution in [0.5, 0.6) is 5.75 Å². The molecule has 0 fully saturated rings. The van der Waals surface area contributed by atoms with Gasteiger partial charge in [0.1, 0.15) is 11.3 Å². The predicted molar refractivity (Wildman–Crippen MR) is 110 cm³/mol. The van der Waals surface area contributed by atoms with E-state index < -0.39 is 17.9 Å². The molecule has 3 aromatic rings. The number of aromatic amines is 1. The molecule has 0 aliphatic heterocycles. The summed E-state index contributed by atoms with van der Waals surface area (Å²) in [6.45, 7) is 6.40. The van der Waals surface area contributed by atoms with Crippen molar-refractivity contribution in [1.29, 1.82) is 0 Å². The summed E-state index contributed by atoms with van der Waals surface area (Å²) in [7, 11) is 1.48. The first-order valence-corrected chi connectivity index (χ1v) is 9.26. The maximum absolute atomic E-state index is 12.8. The molecule has 0 saturated heterocycles. The number of carbonyl (C=O) groups is 3. The van der Waals surface area contributed by atoms with Crippen LogP contribution in [0.15, 0.2) is 36.4 Å². The SMILES string of the molecule is COc1cc2ccccc2cc1C(=O)O[C@H](C)C(=O)c1[nH]c(C)c(C(C)=O)c1C. The number of Topliss-reactive ketones (excluding diaryl/α,β-unsaturated/α-hetero) is 2. The lowest BCUT2D eigenvalue weighted by Crippen LogP contribution is -2.25. The van der Waals surface area contributed by atoms with E-state index in [1.165, 1.54) is 21.0 Å². The van der Waals surface area contributed by atoms with Gasteiger partial charge in [0.25, 0.3) is 0 Å². The van der Waals surface area contributed by atoms with Gasteiger partial charge in [-0.25, -0.2) is 4.79 Å². The Hall–Kier alpha value is -3.41. The number of hydrogen-bond donors (Lipinski definition) is 1. The van der Waals surface area contributed by atoms with Crippen LogP contribution in [0.2, 0.25) is 0 Å². The van der Waals surface area contributed by atoms with Gasteiger partial charge in [0, 0.05) is 11.3 Å². The number of aryl methyl sites for hydroxylation is 1. The Kier molecular flexibility index (Phi) is 5.55. The fourth-order valence-electron chi connectivity index (χ4n) is 3.55. The number of ether oxygens (including phenoxy) is 2. The van der Waals surface area contributed by atoms with E-state index in [-0.39, 0.29) is 17.0 Å². The monoisotopic (exact) mass is 393 g/mol. The molecule has 0 spiro atoms. The summed E-state index contributed by atoms with van der Waals surface area (Å²) in [5, 5.41) is 1.79. The molecule has 1 atom stereocenters. The van der Waals surface area contributed by atoms with Crippen LogP contribution in [0.1, 0.15) is 56.3 Å². The van der Waals surface area contributed by atoms with Gasteiger partial charge in [-0.05, 0) is 56.2 Å². The lowest BCUT2D eigenvalue weighted by atomic mass is 10.0. The molecule has 6 nitrogen and oxygen atoms in total. The number of fused-ring (bicyclic) bond motifs is 1. The predicted octanol–water partition coefficient (Wildman–Crippen LogP) is 4.42. The van der Waals surface area contributed by atoms with Crippen LogP contribution in [0.3, 0.4) is 0 Å². The van der Waals surface area contributed by atoms with Crippen LogP contribution < -0.4 is 4.74 Å². The number of methoxy groups -OCH3 is 1. The molecule has 0 aliphatic carbocycles. The highest BCUT2D eigenvalue weighted by molar-refractivity contribution is 6.06. The molecule has 3 rings (SSSR count). The third kappa shape index (κ3) is 3.78. The first-order chi connectivity index (χ1) is 13.7. The number of rotatable bonds is 6. The maximum Gasteiger partial charge on any atom is 0.342 e. The van der Waals surface area contributed by atoms with E-state index in [2.05, 4.69) is 4.98 Å². The zero-order valence-electron chi connectivity index (χ0n) is 17.1. The van der Waals surface area contributed by atoms with Gasteiger partial charge >= 0.3 is 5.97 Å². The van der Waals surface area contributed by atoms with Crippen LogP contribution in [-0.4, -0.2) is 35.7 Å². The molecule has 29 heavy (non-hydrogen) atoms.